The van der Waals surface area contributed by atoms with Crippen LogP contribution in [0.25, 0.3) is 0 Å². The first-order valence-electron chi connectivity index (χ1n) is 5.74. The minimum absolute atomic E-state index is 0.245. The van der Waals surface area contributed by atoms with Gasteiger partial charge in [-0.2, -0.15) is 0 Å². The van der Waals surface area contributed by atoms with E-state index < -0.39 is 0 Å². The number of aliphatic hydroxyl groups is 1. The number of rotatable bonds is 3. The third kappa shape index (κ3) is 2.27. The molecule has 1 saturated heterocycles. The molecular formula is C11H22N2O. The molecule has 2 rings (SSSR count). The summed E-state index contributed by atoms with van der Waals surface area (Å²) in [6.07, 6.45) is 3.63. The van der Waals surface area contributed by atoms with Crippen molar-refractivity contribution in [1.29, 1.82) is 0 Å². The van der Waals surface area contributed by atoms with Gasteiger partial charge in [-0.1, -0.05) is 0 Å². The topological polar surface area (TPSA) is 35.5 Å². The lowest BCUT2D eigenvalue weighted by Crippen LogP contribution is -2.62. The Morgan fingerprint density at radius 2 is 2.14 bits per heavy atom. The maximum absolute atomic E-state index is 9.01. The molecule has 1 aliphatic carbocycles. The van der Waals surface area contributed by atoms with E-state index in [-0.39, 0.29) is 5.54 Å². The number of hydrogen-bond acceptors (Lipinski definition) is 3. The minimum Gasteiger partial charge on any atom is -0.396 e. The molecule has 0 aromatic heterocycles. The number of piperazine rings is 1. The van der Waals surface area contributed by atoms with E-state index in [1.807, 2.05) is 0 Å². The summed E-state index contributed by atoms with van der Waals surface area (Å²) in [4.78, 5) is 2.60. The van der Waals surface area contributed by atoms with Gasteiger partial charge in [0.25, 0.3) is 0 Å². The Bertz CT molecular complexity index is 201. The second-order valence-corrected chi connectivity index (χ2v) is 5.33. The predicted octanol–water partition coefficient (Wildman–Crippen LogP) is 0.584. The highest BCUT2D eigenvalue weighted by atomic mass is 16.3. The molecule has 0 amide bonds. The van der Waals surface area contributed by atoms with Crippen molar-refractivity contribution in [2.75, 3.05) is 19.7 Å². The molecule has 3 nitrogen and oxygen atoms in total. The van der Waals surface area contributed by atoms with Gasteiger partial charge in [-0.3, -0.25) is 4.90 Å². The zero-order chi connectivity index (χ0) is 10.2. The lowest BCUT2D eigenvalue weighted by atomic mass is 9.97. The van der Waals surface area contributed by atoms with E-state index in [9.17, 15) is 0 Å². The number of hydrogen-bond donors (Lipinski definition) is 2. The molecule has 1 unspecified atom stereocenters. The first kappa shape index (κ1) is 10.4. The van der Waals surface area contributed by atoms with E-state index in [4.69, 9.17) is 5.11 Å². The molecule has 0 aromatic carbocycles. The maximum atomic E-state index is 9.01. The Kier molecular flexibility index (Phi) is 2.82. The van der Waals surface area contributed by atoms with Crippen LogP contribution in [0, 0.1) is 0 Å². The van der Waals surface area contributed by atoms with Gasteiger partial charge in [0.15, 0.2) is 0 Å². The summed E-state index contributed by atoms with van der Waals surface area (Å²) in [5, 5.41) is 12.6. The minimum atomic E-state index is 0.245. The van der Waals surface area contributed by atoms with Crippen molar-refractivity contribution in [3.8, 4) is 0 Å². The Balaban J connectivity index is 1.97. The molecule has 14 heavy (non-hydrogen) atoms. The normalized spacial score (nSPS) is 33.2. The van der Waals surface area contributed by atoms with Crippen LogP contribution in [0.2, 0.25) is 0 Å². The van der Waals surface area contributed by atoms with Crippen LogP contribution in [0.4, 0.5) is 0 Å². The van der Waals surface area contributed by atoms with Crippen molar-refractivity contribution in [2.45, 2.75) is 50.7 Å². The monoisotopic (exact) mass is 198 g/mol. The number of nitrogens with one attached hydrogen (secondary N) is 1. The fraction of sp³-hybridized carbons (Fsp3) is 1.00. The lowest BCUT2D eigenvalue weighted by Gasteiger charge is -2.45. The molecule has 1 heterocycles. The van der Waals surface area contributed by atoms with Gasteiger partial charge < -0.3 is 10.4 Å². The van der Waals surface area contributed by atoms with Gasteiger partial charge >= 0.3 is 0 Å². The van der Waals surface area contributed by atoms with E-state index in [0.29, 0.717) is 12.6 Å². The van der Waals surface area contributed by atoms with Crippen LogP contribution >= 0.6 is 0 Å². The van der Waals surface area contributed by atoms with Crippen molar-refractivity contribution >= 4 is 0 Å². The van der Waals surface area contributed by atoms with Crippen LogP contribution in [0.5, 0.6) is 0 Å². The average Bonchev–Trinajstić information content (AvgIpc) is 2.91. The van der Waals surface area contributed by atoms with Gasteiger partial charge in [-0.15, -0.1) is 0 Å². The summed E-state index contributed by atoms with van der Waals surface area (Å²) >= 11 is 0. The highest BCUT2D eigenvalue weighted by molar-refractivity contribution is 4.98. The van der Waals surface area contributed by atoms with E-state index in [1.165, 1.54) is 12.8 Å². The summed E-state index contributed by atoms with van der Waals surface area (Å²) in [6, 6.07) is 1.37. The molecule has 3 heteroatoms. The number of aliphatic hydroxyl groups excluding tert-OH is 1. The predicted molar refractivity (Wildman–Crippen MR) is 57.3 cm³/mol. The fourth-order valence-electron chi connectivity index (χ4n) is 2.40. The molecule has 82 valence electrons. The zero-order valence-electron chi connectivity index (χ0n) is 9.29. The highest BCUT2D eigenvalue weighted by Gasteiger charge is 2.40. The van der Waals surface area contributed by atoms with Crippen molar-refractivity contribution in [2.24, 2.45) is 0 Å². The molecule has 1 aliphatic heterocycles. The van der Waals surface area contributed by atoms with Gasteiger partial charge in [-0.25, -0.2) is 0 Å². The van der Waals surface area contributed by atoms with E-state index >= 15 is 0 Å². The molecular weight excluding hydrogens is 176 g/mol. The third-order valence-corrected chi connectivity index (χ3v) is 3.34. The van der Waals surface area contributed by atoms with Crippen LogP contribution in [0.1, 0.15) is 33.1 Å². The van der Waals surface area contributed by atoms with Crippen molar-refractivity contribution < 1.29 is 5.11 Å². The van der Waals surface area contributed by atoms with Gasteiger partial charge in [0.1, 0.15) is 0 Å². The maximum Gasteiger partial charge on any atom is 0.0446 e. The highest BCUT2D eigenvalue weighted by Crippen LogP contribution is 2.32. The van der Waals surface area contributed by atoms with Crippen LogP contribution in [-0.4, -0.2) is 47.3 Å². The molecule has 0 bridgehead atoms. The van der Waals surface area contributed by atoms with Gasteiger partial charge in [0.2, 0.25) is 0 Å². The Labute approximate surface area is 86.5 Å². The second-order valence-electron chi connectivity index (χ2n) is 5.33. The van der Waals surface area contributed by atoms with Crippen LogP contribution in [-0.2, 0) is 0 Å². The molecule has 2 N–H and O–H groups in total. The first-order valence-corrected chi connectivity index (χ1v) is 5.74. The van der Waals surface area contributed by atoms with Crippen LogP contribution in [0.3, 0.4) is 0 Å². The smallest absolute Gasteiger partial charge is 0.0446 e. The quantitative estimate of drug-likeness (QED) is 0.696. The number of nitrogens with zero attached hydrogens (tertiary/aromatic N) is 1. The Morgan fingerprint density at radius 3 is 2.71 bits per heavy atom. The molecule has 0 radical (unpaired) electrons. The van der Waals surface area contributed by atoms with Gasteiger partial charge in [0, 0.05) is 37.3 Å². The first-order chi connectivity index (χ1) is 6.62. The summed E-state index contributed by atoms with van der Waals surface area (Å²) in [7, 11) is 0. The molecule has 1 saturated carbocycles. The van der Waals surface area contributed by atoms with Crippen molar-refractivity contribution in [3.63, 3.8) is 0 Å². The second kappa shape index (κ2) is 3.80. The molecule has 0 aromatic rings. The zero-order valence-corrected chi connectivity index (χ0v) is 9.29. The van der Waals surface area contributed by atoms with E-state index in [0.717, 1.165) is 25.6 Å². The Morgan fingerprint density at radius 1 is 1.43 bits per heavy atom. The summed E-state index contributed by atoms with van der Waals surface area (Å²) < 4.78 is 0. The Hall–Kier alpha value is -0.120. The average molecular weight is 198 g/mol. The molecule has 2 aliphatic rings. The van der Waals surface area contributed by atoms with Crippen LogP contribution < -0.4 is 5.32 Å². The molecule has 0 spiro atoms. The largest absolute Gasteiger partial charge is 0.396 e. The van der Waals surface area contributed by atoms with Crippen molar-refractivity contribution in [1.82, 2.24) is 10.2 Å². The fourth-order valence-corrected chi connectivity index (χ4v) is 2.40. The van der Waals surface area contributed by atoms with E-state index in [2.05, 4.69) is 24.1 Å². The third-order valence-electron chi connectivity index (χ3n) is 3.34. The summed E-state index contributed by atoms with van der Waals surface area (Å²) in [5.41, 5.74) is 0.245. The van der Waals surface area contributed by atoms with Crippen molar-refractivity contribution in [3.05, 3.63) is 0 Å². The summed E-state index contributed by atoms with van der Waals surface area (Å²) in [5.74, 6) is 0. The van der Waals surface area contributed by atoms with Gasteiger partial charge in [-0.05, 0) is 33.1 Å². The van der Waals surface area contributed by atoms with Gasteiger partial charge in [0.05, 0.1) is 0 Å². The standard InChI is InChI=1S/C11H22N2O/c1-11(2)8-13(9-3-4-9)10(5-6-14)7-12-11/h9-10,12,14H,3-8H2,1-2H3. The molecule has 1 atom stereocenters. The molecule has 2 fully saturated rings. The van der Waals surface area contributed by atoms with Crippen LogP contribution in [0.15, 0.2) is 0 Å². The van der Waals surface area contributed by atoms with E-state index in [1.54, 1.807) is 0 Å². The summed E-state index contributed by atoms with van der Waals surface area (Å²) in [6.45, 7) is 7.00. The lowest BCUT2D eigenvalue weighted by molar-refractivity contribution is 0.0711. The SMILES string of the molecule is CC1(C)CN(C2CC2)C(CCO)CN1.